The molecule has 0 aliphatic heterocycles. The standard InChI is InChI=1S/C71H131NO5/c1-3-5-7-9-11-13-14-15-16-39-42-45-49-53-57-61-65-71(76)77-66-62-58-54-50-46-43-40-37-35-33-31-29-27-25-23-21-19-17-18-20-22-24-26-28-30-32-34-36-38-41-44-48-52-56-60-64-70(75)72-68(67-73)69(74)63-59-55-51-47-12-10-8-6-4-2/h13-14,16,19,21,25,27,39,59,63,68-69,73-74H,3-12,15,17-18,20,22-24,26,28-38,40-58,60-62,64-67H2,1-2H3,(H,72,75)/b14-13-,21-19-,27-25-,39-16-,63-59+. The summed E-state index contributed by atoms with van der Waals surface area (Å²) in [5.41, 5.74) is 0. The minimum absolute atomic E-state index is 0.00265. The fraction of sp³-hybridized carbons (Fsp3) is 0.831. The van der Waals surface area contributed by atoms with Crippen LogP contribution < -0.4 is 5.32 Å². The van der Waals surface area contributed by atoms with Crippen molar-refractivity contribution < 1.29 is 24.5 Å². The first-order valence-corrected chi connectivity index (χ1v) is 34.1. The van der Waals surface area contributed by atoms with Crippen molar-refractivity contribution in [2.75, 3.05) is 13.2 Å². The van der Waals surface area contributed by atoms with E-state index in [1.807, 2.05) is 6.08 Å². The van der Waals surface area contributed by atoms with E-state index >= 15 is 0 Å². The Kier molecular flexibility index (Phi) is 64.0. The van der Waals surface area contributed by atoms with Crippen LogP contribution >= 0.6 is 0 Å². The lowest BCUT2D eigenvalue weighted by Crippen LogP contribution is -2.45. The van der Waals surface area contributed by atoms with Crippen molar-refractivity contribution in [3.05, 3.63) is 60.8 Å². The normalized spacial score (nSPS) is 12.9. The molecule has 0 heterocycles. The van der Waals surface area contributed by atoms with E-state index in [0.717, 1.165) is 57.8 Å². The van der Waals surface area contributed by atoms with Crippen molar-refractivity contribution in [2.45, 2.75) is 366 Å². The van der Waals surface area contributed by atoms with Crippen LogP contribution in [0.25, 0.3) is 0 Å². The van der Waals surface area contributed by atoms with Gasteiger partial charge in [0, 0.05) is 12.8 Å². The number of allylic oxidation sites excluding steroid dienone is 9. The molecule has 0 fully saturated rings. The van der Waals surface area contributed by atoms with E-state index in [-0.39, 0.29) is 18.5 Å². The summed E-state index contributed by atoms with van der Waals surface area (Å²) in [6.07, 6.45) is 87.4. The van der Waals surface area contributed by atoms with Crippen LogP contribution in [-0.2, 0) is 14.3 Å². The summed E-state index contributed by atoms with van der Waals surface area (Å²) < 4.78 is 5.49. The van der Waals surface area contributed by atoms with E-state index < -0.39 is 12.1 Å². The number of hydrogen-bond acceptors (Lipinski definition) is 5. The van der Waals surface area contributed by atoms with Crippen LogP contribution in [0, 0.1) is 0 Å². The first kappa shape index (κ1) is 74.6. The summed E-state index contributed by atoms with van der Waals surface area (Å²) in [5, 5.41) is 23.0. The summed E-state index contributed by atoms with van der Waals surface area (Å²) in [6, 6.07) is -0.625. The van der Waals surface area contributed by atoms with Crippen LogP contribution in [0.4, 0.5) is 0 Å². The lowest BCUT2D eigenvalue weighted by molar-refractivity contribution is -0.143. The number of hydrogen-bond donors (Lipinski definition) is 3. The quantitative estimate of drug-likeness (QED) is 0.0320. The summed E-state index contributed by atoms with van der Waals surface area (Å²) in [5.74, 6) is -0.0654. The minimum Gasteiger partial charge on any atom is -0.466 e. The fourth-order valence-electron chi connectivity index (χ4n) is 10.3. The summed E-state index contributed by atoms with van der Waals surface area (Å²) >= 11 is 0. The molecule has 77 heavy (non-hydrogen) atoms. The number of aliphatic hydroxyl groups is 2. The Bertz CT molecular complexity index is 1340. The number of esters is 1. The van der Waals surface area contributed by atoms with E-state index in [0.29, 0.717) is 19.4 Å². The maximum atomic E-state index is 12.4. The van der Waals surface area contributed by atoms with Crippen LogP contribution in [-0.4, -0.2) is 47.4 Å². The lowest BCUT2D eigenvalue weighted by atomic mass is 10.0. The summed E-state index contributed by atoms with van der Waals surface area (Å²) in [6.45, 7) is 4.86. The molecule has 0 aromatic heterocycles. The molecule has 0 aromatic carbocycles. The Morgan fingerprint density at radius 2 is 0.649 bits per heavy atom. The van der Waals surface area contributed by atoms with Gasteiger partial charge >= 0.3 is 5.97 Å². The van der Waals surface area contributed by atoms with Gasteiger partial charge in [0.15, 0.2) is 0 Å². The Labute approximate surface area is 479 Å². The zero-order valence-electron chi connectivity index (χ0n) is 51.4. The molecule has 0 saturated heterocycles. The molecule has 450 valence electrons. The molecular weight excluding hydrogens is 947 g/mol. The van der Waals surface area contributed by atoms with Gasteiger partial charge in [-0.25, -0.2) is 0 Å². The average molecular weight is 1080 g/mol. The third-order valence-corrected chi connectivity index (χ3v) is 15.5. The van der Waals surface area contributed by atoms with Crippen LogP contribution in [0.3, 0.4) is 0 Å². The largest absolute Gasteiger partial charge is 0.466 e. The van der Waals surface area contributed by atoms with Crippen LogP contribution in [0.1, 0.15) is 354 Å². The smallest absolute Gasteiger partial charge is 0.305 e. The van der Waals surface area contributed by atoms with Crippen molar-refractivity contribution in [2.24, 2.45) is 0 Å². The lowest BCUT2D eigenvalue weighted by Gasteiger charge is -2.20. The number of rotatable bonds is 63. The number of unbranched alkanes of at least 4 members (excludes halogenated alkanes) is 44. The molecule has 0 aliphatic carbocycles. The topological polar surface area (TPSA) is 95.9 Å². The summed E-state index contributed by atoms with van der Waals surface area (Å²) in [7, 11) is 0. The third-order valence-electron chi connectivity index (χ3n) is 15.5. The Hall–Kier alpha value is -2.44. The SMILES string of the molecule is CCCCCC/C=C\C/C=C\CCCCCCCC(=O)OCCCCCCCCCCCCC/C=C\C/C=C\CCCCCCCCCCCCCCCCCCCC(=O)NC(CO)C(O)/C=C/CCCCCCCCC. The zero-order valence-corrected chi connectivity index (χ0v) is 51.4. The molecular formula is C71H131NO5. The van der Waals surface area contributed by atoms with E-state index in [1.54, 1.807) is 6.08 Å². The molecule has 0 aromatic rings. The van der Waals surface area contributed by atoms with Gasteiger partial charge in [0.25, 0.3) is 0 Å². The first-order valence-electron chi connectivity index (χ1n) is 34.1. The highest BCUT2D eigenvalue weighted by atomic mass is 16.5. The molecule has 0 saturated carbocycles. The minimum atomic E-state index is -0.841. The van der Waals surface area contributed by atoms with Crippen LogP contribution in [0.2, 0.25) is 0 Å². The number of nitrogens with one attached hydrogen (secondary N) is 1. The zero-order chi connectivity index (χ0) is 55.7. The van der Waals surface area contributed by atoms with E-state index in [2.05, 4.69) is 67.8 Å². The number of carbonyl (C=O) groups excluding carboxylic acids is 2. The van der Waals surface area contributed by atoms with Gasteiger partial charge in [0.05, 0.1) is 25.4 Å². The molecule has 0 rings (SSSR count). The van der Waals surface area contributed by atoms with E-state index in [1.165, 1.54) is 270 Å². The van der Waals surface area contributed by atoms with Gasteiger partial charge in [-0.15, -0.1) is 0 Å². The van der Waals surface area contributed by atoms with Gasteiger partial charge in [-0.05, 0) is 96.3 Å². The van der Waals surface area contributed by atoms with Gasteiger partial charge in [-0.2, -0.15) is 0 Å². The van der Waals surface area contributed by atoms with Crippen LogP contribution in [0.5, 0.6) is 0 Å². The number of ether oxygens (including phenoxy) is 1. The number of aliphatic hydroxyl groups excluding tert-OH is 2. The molecule has 0 spiro atoms. The van der Waals surface area contributed by atoms with Crippen molar-refractivity contribution in [3.63, 3.8) is 0 Å². The molecule has 6 nitrogen and oxygen atoms in total. The molecule has 3 N–H and O–H groups in total. The fourth-order valence-corrected chi connectivity index (χ4v) is 10.3. The molecule has 0 radical (unpaired) electrons. The van der Waals surface area contributed by atoms with E-state index in [4.69, 9.17) is 4.74 Å². The molecule has 6 heteroatoms. The highest BCUT2D eigenvalue weighted by Gasteiger charge is 2.18. The molecule has 2 unspecified atom stereocenters. The van der Waals surface area contributed by atoms with Crippen molar-refractivity contribution >= 4 is 11.9 Å². The molecule has 1 amide bonds. The second kappa shape index (κ2) is 66.1. The van der Waals surface area contributed by atoms with Gasteiger partial charge in [0.2, 0.25) is 5.91 Å². The van der Waals surface area contributed by atoms with Crippen molar-refractivity contribution in [1.29, 1.82) is 0 Å². The maximum Gasteiger partial charge on any atom is 0.305 e. The van der Waals surface area contributed by atoms with Crippen LogP contribution in [0.15, 0.2) is 60.8 Å². The van der Waals surface area contributed by atoms with E-state index in [9.17, 15) is 19.8 Å². The second-order valence-electron chi connectivity index (χ2n) is 23.1. The molecule has 2 atom stereocenters. The summed E-state index contributed by atoms with van der Waals surface area (Å²) in [4.78, 5) is 24.5. The van der Waals surface area contributed by atoms with Gasteiger partial charge < -0.3 is 20.3 Å². The maximum absolute atomic E-state index is 12.4. The highest BCUT2D eigenvalue weighted by Crippen LogP contribution is 2.17. The highest BCUT2D eigenvalue weighted by molar-refractivity contribution is 5.76. The second-order valence-corrected chi connectivity index (χ2v) is 23.1. The average Bonchev–Trinajstić information content (AvgIpc) is 3.43. The van der Waals surface area contributed by atoms with Crippen molar-refractivity contribution in [1.82, 2.24) is 5.32 Å². The Morgan fingerprint density at radius 1 is 0.364 bits per heavy atom. The Morgan fingerprint density at radius 3 is 1.00 bits per heavy atom. The monoisotopic (exact) mass is 1080 g/mol. The Balaban J connectivity index is 3.36. The van der Waals surface area contributed by atoms with Gasteiger partial charge in [-0.1, -0.05) is 306 Å². The third kappa shape index (κ3) is 62.6. The molecule has 0 aliphatic rings. The first-order chi connectivity index (χ1) is 38.0. The number of carbonyl (C=O) groups is 2. The molecule has 0 bridgehead atoms. The predicted molar refractivity (Wildman–Crippen MR) is 338 cm³/mol. The predicted octanol–water partition coefficient (Wildman–Crippen LogP) is 21.9. The van der Waals surface area contributed by atoms with Gasteiger partial charge in [0.1, 0.15) is 0 Å². The van der Waals surface area contributed by atoms with Gasteiger partial charge in [-0.3, -0.25) is 9.59 Å². The van der Waals surface area contributed by atoms with Crippen molar-refractivity contribution in [3.8, 4) is 0 Å². The number of amides is 1.